The molecule has 4 nitrogen and oxygen atoms in total. The van der Waals surface area contributed by atoms with E-state index in [1.807, 2.05) is 36.1 Å². The van der Waals surface area contributed by atoms with Crippen LogP contribution in [0.5, 0.6) is 0 Å². The summed E-state index contributed by atoms with van der Waals surface area (Å²) in [4.78, 5) is 16.7. The van der Waals surface area contributed by atoms with E-state index in [-0.39, 0.29) is 6.03 Å². The first-order chi connectivity index (χ1) is 11.2. The molecule has 2 aliphatic heterocycles. The number of hydrogen-bond acceptors (Lipinski definition) is 2. The molecular weight excluding hydrogens is 286 g/mol. The second-order valence-corrected chi connectivity index (χ2v) is 6.38. The van der Waals surface area contributed by atoms with E-state index in [9.17, 15) is 4.79 Å². The first kappa shape index (κ1) is 14.1. The van der Waals surface area contributed by atoms with Crippen molar-refractivity contribution in [2.45, 2.75) is 19.4 Å². The van der Waals surface area contributed by atoms with E-state index in [1.165, 1.54) is 11.3 Å². The van der Waals surface area contributed by atoms with Gasteiger partial charge in [-0.2, -0.15) is 0 Å². The van der Waals surface area contributed by atoms with Crippen molar-refractivity contribution >= 4 is 17.4 Å². The van der Waals surface area contributed by atoms with Gasteiger partial charge in [0, 0.05) is 31.0 Å². The van der Waals surface area contributed by atoms with Gasteiger partial charge in [-0.15, -0.1) is 0 Å². The fourth-order valence-corrected chi connectivity index (χ4v) is 3.47. The van der Waals surface area contributed by atoms with Crippen LogP contribution in [0.2, 0.25) is 0 Å². The van der Waals surface area contributed by atoms with Crippen LogP contribution in [-0.4, -0.2) is 36.6 Å². The molecule has 0 unspecified atom stereocenters. The number of para-hydroxylation sites is 2. The second kappa shape index (κ2) is 5.61. The van der Waals surface area contributed by atoms with Gasteiger partial charge in [0.25, 0.3) is 0 Å². The van der Waals surface area contributed by atoms with Crippen molar-refractivity contribution < 1.29 is 4.79 Å². The quantitative estimate of drug-likeness (QED) is 0.924. The van der Waals surface area contributed by atoms with Crippen LogP contribution in [0.3, 0.4) is 0 Å². The van der Waals surface area contributed by atoms with Crippen molar-refractivity contribution in [3.05, 3.63) is 59.7 Å². The Bertz CT molecular complexity index is 737. The Labute approximate surface area is 136 Å². The minimum absolute atomic E-state index is 0.00281. The van der Waals surface area contributed by atoms with Gasteiger partial charge in [-0.05, 0) is 36.6 Å². The van der Waals surface area contributed by atoms with E-state index < -0.39 is 0 Å². The number of likely N-dealkylation sites (tertiary alicyclic amines) is 1. The van der Waals surface area contributed by atoms with Crippen LogP contribution in [0.25, 0.3) is 0 Å². The van der Waals surface area contributed by atoms with E-state index in [4.69, 9.17) is 0 Å². The molecule has 4 rings (SSSR count). The third-order valence-electron chi connectivity index (χ3n) is 4.90. The van der Waals surface area contributed by atoms with Crippen LogP contribution < -0.4 is 10.2 Å². The molecule has 2 aromatic rings. The Kier molecular flexibility index (Phi) is 3.45. The van der Waals surface area contributed by atoms with E-state index in [0.717, 1.165) is 37.3 Å². The van der Waals surface area contributed by atoms with Crippen LogP contribution in [-0.2, 0) is 6.42 Å². The van der Waals surface area contributed by atoms with Gasteiger partial charge < -0.3 is 15.1 Å². The molecule has 2 aromatic carbocycles. The number of hydrogen-bond donors (Lipinski definition) is 1. The highest BCUT2D eigenvalue weighted by molar-refractivity contribution is 5.90. The summed E-state index contributed by atoms with van der Waals surface area (Å²) in [5, 5.41) is 3.01. The topological polar surface area (TPSA) is 35.6 Å². The van der Waals surface area contributed by atoms with Gasteiger partial charge in [0.1, 0.15) is 0 Å². The van der Waals surface area contributed by atoms with E-state index in [1.54, 1.807) is 0 Å². The molecule has 23 heavy (non-hydrogen) atoms. The van der Waals surface area contributed by atoms with E-state index in [0.29, 0.717) is 6.04 Å². The zero-order chi connectivity index (χ0) is 15.8. The molecule has 0 radical (unpaired) electrons. The number of nitrogens with one attached hydrogen (secondary N) is 1. The third-order valence-corrected chi connectivity index (χ3v) is 4.90. The highest BCUT2D eigenvalue weighted by atomic mass is 16.2. The molecule has 0 atom stereocenters. The fraction of sp³-hybridized carbons (Fsp3) is 0.316. The summed E-state index contributed by atoms with van der Waals surface area (Å²) < 4.78 is 0. The number of carbonyl (C=O) groups is 1. The smallest absolute Gasteiger partial charge is 0.321 e. The van der Waals surface area contributed by atoms with Gasteiger partial charge in [-0.1, -0.05) is 36.4 Å². The summed E-state index contributed by atoms with van der Waals surface area (Å²) in [6.07, 6.45) is 1.11. The molecule has 1 fully saturated rings. The molecule has 0 bridgehead atoms. The zero-order valence-electron chi connectivity index (χ0n) is 13.3. The minimum Gasteiger partial charge on any atom is -0.364 e. The number of aryl methyl sites for hydroxylation is 1. The van der Waals surface area contributed by atoms with Crippen LogP contribution >= 0.6 is 0 Å². The molecule has 0 spiro atoms. The van der Waals surface area contributed by atoms with Crippen LogP contribution in [0.15, 0.2) is 48.5 Å². The van der Waals surface area contributed by atoms with Crippen molar-refractivity contribution in [1.29, 1.82) is 0 Å². The van der Waals surface area contributed by atoms with Crippen molar-refractivity contribution in [2.24, 2.45) is 0 Å². The Morgan fingerprint density at radius 2 is 1.83 bits per heavy atom. The summed E-state index contributed by atoms with van der Waals surface area (Å²) >= 11 is 0. The lowest BCUT2D eigenvalue weighted by Crippen LogP contribution is -2.61. The lowest BCUT2D eigenvalue weighted by atomic mass is 10.1. The molecule has 2 amide bonds. The third kappa shape index (κ3) is 2.54. The number of urea groups is 1. The molecule has 1 N–H and O–H groups in total. The van der Waals surface area contributed by atoms with Crippen molar-refractivity contribution in [2.75, 3.05) is 29.9 Å². The van der Waals surface area contributed by atoms with Gasteiger partial charge in [-0.25, -0.2) is 4.79 Å². The number of nitrogens with zero attached hydrogens (tertiary/aromatic N) is 2. The van der Waals surface area contributed by atoms with Crippen LogP contribution in [0.1, 0.15) is 11.1 Å². The summed E-state index contributed by atoms with van der Waals surface area (Å²) in [6.45, 7) is 4.67. The number of carbonyl (C=O) groups excluding carboxylic acids is 1. The SMILES string of the molecule is Cc1ccccc1NC(=O)N1CC(N2CCc3ccccc32)C1. The van der Waals surface area contributed by atoms with Gasteiger partial charge in [-0.3, -0.25) is 0 Å². The number of rotatable bonds is 2. The summed E-state index contributed by atoms with van der Waals surface area (Å²) in [5.41, 5.74) is 4.76. The van der Waals surface area contributed by atoms with Gasteiger partial charge in [0.15, 0.2) is 0 Å². The molecule has 1 saturated heterocycles. The Morgan fingerprint density at radius 3 is 2.65 bits per heavy atom. The van der Waals surface area contributed by atoms with Crippen LogP contribution in [0.4, 0.5) is 16.2 Å². The molecule has 0 aliphatic carbocycles. The van der Waals surface area contributed by atoms with Crippen molar-refractivity contribution in [1.82, 2.24) is 4.90 Å². The number of benzene rings is 2. The largest absolute Gasteiger partial charge is 0.364 e. The van der Waals surface area contributed by atoms with Gasteiger partial charge in [0.05, 0.1) is 6.04 Å². The average molecular weight is 307 g/mol. The monoisotopic (exact) mass is 307 g/mol. The Hall–Kier alpha value is -2.49. The summed E-state index contributed by atoms with van der Waals surface area (Å²) in [6, 6.07) is 16.9. The fourth-order valence-electron chi connectivity index (χ4n) is 3.47. The predicted octanol–water partition coefficient (Wildman–Crippen LogP) is 3.27. The number of anilines is 2. The second-order valence-electron chi connectivity index (χ2n) is 6.38. The zero-order valence-corrected chi connectivity index (χ0v) is 13.3. The summed E-state index contributed by atoms with van der Waals surface area (Å²) in [7, 11) is 0. The van der Waals surface area contributed by atoms with Crippen LogP contribution in [0, 0.1) is 6.92 Å². The lowest BCUT2D eigenvalue weighted by Gasteiger charge is -2.45. The maximum Gasteiger partial charge on any atom is 0.321 e. The number of fused-ring (bicyclic) bond motifs is 1. The lowest BCUT2D eigenvalue weighted by molar-refractivity contribution is 0.162. The molecule has 0 aromatic heterocycles. The molecule has 2 aliphatic rings. The Morgan fingerprint density at radius 1 is 1.09 bits per heavy atom. The predicted molar refractivity (Wildman–Crippen MR) is 93.1 cm³/mol. The van der Waals surface area contributed by atoms with Gasteiger partial charge >= 0.3 is 6.03 Å². The highest BCUT2D eigenvalue weighted by Crippen LogP contribution is 2.32. The normalized spacial score (nSPS) is 16.9. The molecule has 2 heterocycles. The maximum absolute atomic E-state index is 12.3. The van der Waals surface area contributed by atoms with Crippen molar-refractivity contribution in [3.63, 3.8) is 0 Å². The maximum atomic E-state index is 12.3. The Balaban J connectivity index is 1.37. The molecule has 118 valence electrons. The van der Waals surface area contributed by atoms with Crippen molar-refractivity contribution in [3.8, 4) is 0 Å². The molecule has 4 heteroatoms. The number of amides is 2. The first-order valence-electron chi connectivity index (χ1n) is 8.18. The molecule has 0 saturated carbocycles. The average Bonchev–Trinajstić information content (AvgIpc) is 2.92. The highest BCUT2D eigenvalue weighted by Gasteiger charge is 2.37. The first-order valence-corrected chi connectivity index (χ1v) is 8.18. The summed E-state index contributed by atoms with van der Waals surface area (Å²) in [5.74, 6) is 0. The van der Waals surface area contributed by atoms with Gasteiger partial charge in [0.2, 0.25) is 0 Å². The van der Waals surface area contributed by atoms with E-state index >= 15 is 0 Å². The van der Waals surface area contributed by atoms with E-state index in [2.05, 4.69) is 34.5 Å². The standard InChI is InChI=1S/C19H21N3O/c1-14-6-2-4-8-17(14)20-19(23)21-12-16(13-21)22-11-10-15-7-3-5-9-18(15)22/h2-9,16H,10-13H2,1H3,(H,20,23). The minimum atomic E-state index is 0.00281. The molecular formula is C19H21N3O.